The third-order valence-corrected chi connectivity index (χ3v) is 7.26. The highest BCUT2D eigenvalue weighted by molar-refractivity contribution is 7.89. The number of fused-ring (bicyclic) bond motifs is 1. The van der Waals surface area contributed by atoms with Gasteiger partial charge in [0.25, 0.3) is 5.91 Å². The highest BCUT2D eigenvalue weighted by Crippen LogP contribution is 2.35. The van der Waals surface area contributed by atoms with Crippen LogP contribution in [0.25, 0.3) is 10.1 Å². The SMILES string of the molecule is Cc1sc(N(Cc2cccc3ccsc23)c2ccc(C#N)cc2)nc1C(=O)NS(C)(=O)=O. The van der Waals surface area contributed by atoms with Crippen molar-refractivity contribution in [2.24, 2.45) is 0 Å². The Morgan fingerprint density at radius 2 is 1.94 bits per heavy atom. The minimum Gasteiger partial charge on any atom is -0.313 e. The highest BCUT2D eigenvalue weighted by Gasteiger charge is 2.23. The summed E-state index contributed by atoms with van der Waals surface area (Å²) in [6.45, 7) is 2.22. The maximum atomic E-state index is 12.4. The van der Waals surface area contributed by atoms with E-state index in [1.54, 1.807) is 30.4 Å². The van der Waals surface area contributed by atoms with E-state index in [9.17, 15) is 13.2 Å². The van der Waals surface area contributed by atoms with Crippen LogP contribution in [-0.4, -0.2) is 25.6 Å². The number of amides is 1. The Morgan fingerprint density at radius 3 is 2.62 bits per heavy atom. The Morgan fingerprint density at radius 1 is 1.19 bits per heavy atom. The minimum absolute atomic E-state index is 0.0726. The average Bonchev–Trinajstić information content (AvgIpc) is 3.38. The van der Waals surface area contributed by atoms with Gasteiger partial charge in [-0.25, -0.2) is 18.1 Å². The van der Waals surface area contributed by atoms with Gasteiger partial charge in [-0.1, -0.05) is 18.2 Å². The van der Waals surface area contributed by atoms with Gasteiger partial charge >= 0.3 is 0 Å². The molecule has 32 heavy (non-hydrogen) atoms. The molecule has 162 valence electrons. The number of hydrogen-bond acceptors (Lipinski definition) is 8. The molecule has 0 aliphatic heterocycles. The van der Waals surface area contributed by atoms with E-state index in [1.807, 2.05) is 39.3 Å². The lowest BCUT2D eigenvalue weighted by atomic mass is 10.1. The van der Waals surface area contributed by atoms with Crippen molar-refractivity contribution in [1.29, 1.82) is 5.26 Å². The molecule has 4 rings (SSSR count). The number of benzene rings is 2. The van der Waals surface area contributed by atoms with Crippen molar-refractivity contribution >= 4 is 59.5 Å². The second-order valence-electron chi connectivity index (χ2n) is 7.11. The molecule has 2 aromatic carbocycles. The predicted octanol–water partition coefficient (Wildman–Crippen LogP) is 4.57. The third kappa shape index (κ3) is 4.65. The first-order valence-electron chi connectivity index (χ1n) is 9.47. The zero-order chi connectivity index (χ0) is 22.9. The Balaban J connectivity index is 1.77. The number of nitriles is 1. The van der Waals surface area contributed by atoms with Crippen molar-refractivity contribution in [3.63, 3.8) is 0 Å². The largest absolute Gasteiger partial charge is 0.313 e. The maximum absolute atomic E-state index is 12.4. The van der Waals surface area contributed by atoms with Gasteiger partial charge in [-0.2, -0.15) is 5.26 Å². The van der Waals surface area contributed by atoms with Gasteiger partial charge in [0.1, 0.15) is 5.69 Å². The fraction of sp³-hybridized carbons (Fsp3) is 0.136. The van der Waals surface area contributed by atoms with Gasteiger partial charge in [-0.15, -0.1) is 22.7 Å². The van der Waals surface area contributed by atoms with Crippen LogP contribution in [0.2, 0.25) is 0 Å². The summed E-state index contributed by atoms with van der Waals surface area (Å²) >= 11 is 2.96. The topological polar surface area (TPSA) is 103 Å². The number of nitrogens with zero attached hydrogens (tertiary/aromatic N) is 3. The molecule has 4 aromatic rings. The smallest absolute Gasteiger partial charge is 0.284 e. The van der Waals surface area contributed by atoms with Crippen molar-refractivity contribution in [1.82, 2.24) is 9.71 Å². The first kappa shape index (κ1) is 22.0. The van der Waals surface area contributed by atoms with E-state index >= 15 is 0 Å². The number of hydrogen-bond donors (Lipinski definition) is 1. The second-order valence-corrected chi connectivity index (χ2v) is 11.0. The van der Waals surface area contributed by atoms with Crippen molar-refractivity contribution < 1.29 is 13.2 Å². The van der Waals surface area contributed by atoms with E-state index in [0.29, 0.717) is 22.1 Å². The van der Waals surface area contributed by atoms with Crippen LogP contribution in [0, 0.1) is 18.3 Å². The number of sulfonamides is 1. The molecule has 1 amide bonds. The monoisotopic (exact) mass is 482 g/mol. The number of aryl methyl sites for hydroxylation is 1. The number of anilines is 2. The second kappa shape index (κ2) is 8.70. The van der Waals surface area contributed by atoms with E-state index in [-0.39, 0.29) is 5.69 Å². The van der Waals surface area contributed by atoms with Crippen LogP contribution in [0.5, 0.6) is 0 Å². The zero-order valence-electron chi connectivity index (χ0n) is 17.2. The molecule has 1 N–H and O–H groups in total. The van der Waals surface area contributed by atoms with Crippen LogP contribution in [0.3, 0.4) is 0 Å². The first-order valence-corrected chi connectivity index (χ1v) is 13.1. The number of nitrogens with one attached hydrogen (secondary N) is 1. The summed E-state index contributed by atoms with van der Waals surface area (Å²) in [4.78, 5) is 19.5. The van der Waals surface area contributed by atoms with Gasteiger partial charge in [0, 0.05) is 15.3 Å². The lowest BCUT2D eigenvalue weighted by Gasteiger charge is -2.22. The summed E-state index contributed by atoms with van der Waals surface area (Å²) in [6.07, 6.45) is 0.929. The molecular weight excluding hydrogens is 464 g/mol. The van der Waals surface area contributed by atoms with Gasteiger partial charge in [-0.05, 0) is 53.6 Å². The van der Waals surface area contributed by atoms with E-state index < -0.39 is 15.9 Å². The fourth-order valence-corrected chi connectivity index (χ4v) is 5.53. The van der Waals surface area contributed by atoms with Crippen LogP contribution < -0.4 is 9.62 Å². The Kier molecular flexibility index (Phi) is 5.97. The number of rotatable bonds is 6. The summed E-state index contributed by atoms with van der Waals surface area (Å²) < 4.78 is 26.1. The molecule has 0 saturated carbocycles. The lowest BCUT2D eigenvalue weighted by molar-refractivity contribution is 0.0977. The quantitative estimate of drug-likeness (QED) is 0.432. The van der Waals surface area contributed by atoms with E-state index in [4.69, 9.17) is 5.26 Å². The van der Waals surface area contributed by atoms with Crippen molar-refractivity contribution in [3.8, 4) is 6.07 Å². The van der Waals surface area contributed by atoms with E-state index in [2.05, 4.69) is 23.2 Å². The van der Waals surface area contributed by atoms with Gasteiger partial charge < -0.3 is 4.90 Å². The number of thiazole rings is 1. The average molecular weight is 483 g/mol. The number of carbonyl (C=O) groups is 1. The third-order valence-electron chi connectivity index (χ3n) is 4.71. The van der Waals surface area contributed by atoms with Crippen LogP contribution in [0.1, 0.15) is 26.5 Å². The Hall–Kier alpha value is -3.26. The van der Waals surface area contributed by atoms with E-state index in [1.165, 1.54) is 11.3 Å². The normalized spacial score (nSPS) is 11.3. The summed E-state index contributed by atoms with van der Waals surface area (Å²) in [6, 6.07) is 17.4. The van der Waals surface area contributed by atoms with Gasteiger partial charge in [0.15, 0.2) is 5.13 Å². The van der Waals surface area contributed by atoms with Crippen molar-refractivity contribution in [2.45, 2.75) is 13.5 Å². The molecule has 0 spiro atoms. The number of carbonyl (C=O) groups excluding carboxylic acids is 1. The first-order chi connectivity index (χ1) is 15.2. The Bertz CT molecular complexity index is 1450. The van der Waals surface area contributed by atoms with Gasteiger partial charge in [0.2, 0.25) is 10.0 Å². The van der Waals surface area contributed by atoms with Crippen molar-refractivity contribution in [2.75, 3.05) is 11.2 Å². The zero-order valence-corrected chi connectivity index (χ0v) is 19.6. The molecule has 2 heterocycles. The number of thiophene rings is 1. The molecule has 10 heteroatoms. The van der Waals surface area contributed by atoms with Crippen LogP contribution in [0.4, 0.5) is 10.8 Å². The highest BCUT2D eigenvalue weighted by atomic mass is 32.2. The molecule has 2 aromatic heterocycles. The molecule has 0 atom stereocenters. The predicted molar refractivity (Wildman–Crippen MR) is 128 cm³/mol. The standard InChI is InChI=1S/C22H18N4O3S3/c1-14-19(21(27)25-32(2,28)29)24-22(31-14)26(18-8-6-15(12-23)7-9-18)13-17-5-3-4-16-10-11-30-20(16)17/h3-11H,13H2,1-2H3,(H,25,27). The van der Waals surface area contributed by atoms with Crippen LogP contribution in [0.15, 0.2) is 53.9 Å². The summed E-state index contributed by atoms with van der Waals surface area (Å²) in [7, 11) is -3.70. The molecule has 0 bridgehead atoms. The molecule has 7 nitrogen and oxygen atoms in total. The van der Waals surface area contributed by atoms with E-state index in [0.717, 1.165) is 27.6 Å². The van der Waals surface area contributed by atoms with Crippen LogP contribution >= 0.6 is 22.7 Å². The van der Waals surface area contributed by atoms with Gasteiger partial charge in [0.05, 0.1) is 24.4 Å². The minimum atomic E-state index is -3.70. The summed E-state index contributed by atoms with van der Waals surface area (Å²) in [5, 5.41) is 12.9. The van der Waals surface area contributed by atoms with Crippen LogP contribution in [-0.2, 0) is 16.6 Å². The molecule has 0 unspecified atom stereocenters. The maximum Gasteiger partial charge on any atom is 0.284 e. The Labute approximate surface area is 193 Å². The molecule has 0 aliphatic rings. The molecule has 0 fully saturated rings. The summed E-state index contributed by atoms with van der Waals surface area (Å²) in [5.74, 6) is -0.757. The molecule has 0 aliphatic carbocycles. The fourth-order valence-electron chi connectivity index (χ4n) is 3.26. The lowest BCUT2D eigenvalue weighted by Crippen LogP contribution is -2.30. The molecular formula is C22H18N4O3S3. The molecule has 0 radical (unpaired) electrons. The summed E-state index contributed by atoms with van der Waals surface area (Å²) in [5.41, 5.74) is 2.51. The van der Waals surface area contributed by atoms with Crippen molar-refractivity contribution in [3.05, 3.63) is 75.6 Å². The molecule has 0 saturated heterocycles. The number of aromatic nitrogens is 1. The van der Waals surface area contributed by atoms with Gasteiger partial charge in [-0.3, -0.25) is 4.79 Å².